The average molecular weight is 397 g/mol. The maximum atomic E-state index is 6.00. The normalized spacial score (nSPS) is 11.7. The van der Waals surface area contributed by atoms with Crippen molar-refractivity contribution in [2.45, 2.75) is 0 Å². The monoisotopic (exact) mass is 397 g/mol. The fourth-order valence-corrected chi connectivity index (χ4v) is 4.77. The molecule has 0 radical (unpaired) electrons. The highest BCUT2D eigenvalue weighted by Crippen LogP contribution is 2.36. The van der Waals surface area contributed by atoms with E-state index < -0.39 is 0 Å². The molecule has 8 heteroatoms. The lowest BCUT2D eigenvalue weighted by molar-refractivity contribution is 1.08. The van der Waals surface area contributed by atoms with Gasteiger partial charge in [-0.3, -0.25) is 5.10 Å². The van der Waals surface area contributed by atoms with Crippen LogP contribution >= 0.6 is 11.3 Å². The Morgan fingerprint density at radius 1 is 0.931 bits per heavy atom. The Kier molecular flexibility index (Phi) is 3.21. The van der Waals surface area contributed by atoms with E-state index in [0.717, 1.165) is 32.5 Å². The number of anilines is 2. The minimum atomic E-state index is 0.158. The number of H-pyrrole nitrogens is 1. The second-order valence-corrected chi connectivity index (χ2v) is 7.92. The van der Waals surface area contributed by atoms with Crippen LogP contribution in [-0.4, -0.2) is 24.7 Å². The first-order valence-corrected chi connectivity index (χ1v) is 9.86. The number of aromatic amines is 1. The summed E-state index contributed by atoms with van der Waals surface area (Å²) in [6, 6.07) is 18.6. The van der Waals surface area contributed by atoms with E-state index in [1.165, 1.54) is 10.1 Å². The number of fused-ring (bicyclic) bond motifs is 3. The van der Waals surface area contributed by atoms with Crippen molar-refractivity contribution in [3.63, 3.8) is 0 Å². The first-order chi connectivity index (χ1) is 14.2. The van der Waals surface area contributed by atoms with Gasteiger partial charge in [0.15, 0.2) is 5.65 Å². The molecule has 6 aromatic rings. The van der Waals surface area contributed by atoms with Gasteiger partial charge in [0.2, 0.25) is 5.95 Å². The number of nitrogens with one attached hydrogen (secondary N) is 1. The molecule has 0 saturated heterocycles. The third-order valence-electron chi connectivity index (χ3n) is 5.07. The zero-order valence-corrected chi connectivity index (χ0v) is 15.9. The van der Waals surface area contributed by atoms with E-state index in [2.05, 4.69) is 56.6 Å². The summed E-state index contributed by atoms with van der Waals surface area (Å²) in [6.45, 7) is 0. The molecule has 2 aromatic carbocycles. The summed E-state index contributed by atoms with van der Waals surface area (Å²) in [5, 5.41) is 10.8. The number of hydrogen-bond donors (Lipinski definition) is 3. The zero-order valence-electron chi connectivity index (χ0n) is 15.1. The lowest BCUT2D eigenvalue weighted by atomic mass is 10.1. The molecule has 5 N–H and O–H groups in total. The number of rotatable bonds is 2. The van der Waals surface area contributed by atoms with Crippen LogP contribution in [0.4, 0.5) is 11.8 Å². The summed E-state index contributed by atoms with van der Waals surface area (Å²) in [5.41, 5.74) is 15.4. The standard InChI is InChI=1S/C21H15N7S/c22-19-13-7-8-28(20(13)25-21(23)24-19)12-5-6-15-14(10-12)18(27-26-15)17-9-11-3-1-2-4-16(11)29-17/h1-10H,(H,26,27)(H4,22,23,24,25). The van der Waals surface area contributed by atoms with Crippen LogP contribution in [0.2, 0.25) is 0 Å². The fraction of sp³-hybridized carbons (Fsp3) is 0. The highest BCUT2D eigenvalue weighted by Gasteiger charge is 2.14. The Hall–Kier alpha value is -3.91. The van der Waals surface area contributed by atoms with Gasteiger partial charge in [0.1, 0.15) is 11.5 Å². The minimum Gasteiger partial charge on any atom is -0.383 e. The molecule has 0 fully saturated rings. The van der Waals surface area contributed by atoms with Crippen LogP contribution in [0.25, 0.3) is 48.3 Å². The highest BCUT2D eigenvalue weighted by molar-refractivity contribution is 7.22. The molecule has 4 heterocycles. The molecular formula is C21H15N7S. The van der Waals surface area contributed by atoms with Gasteiger partial charge in [-0.25, -0.2) is 0 Å². The first-order valence-electron chi connectivity index (χ1n) is 9.05. The summed E-state index contributed by atoms with van der Waals surface area (Å²) in [5.74, 6) is 0.534. The fourth-order valence-electron chi connectivity index (χ4n) is 3.70. The summed E-state index contributed by atoms with van der Waals surface area (Å²) in [6.07, 6.45) is 1.93. The number of nitrogens with two attached hydrogens (primary N) is 2. The van der Waals surface area contributed by atoms with Crippen molar-refractivity contribution in [1.29, 1.82) is 0 Å². The summed E-state index contributed by atoms with van der Waals surface area (Å²) in [4.78, 5) is 9.55. The molecule has 29 heavy (non-hydrogen) atoms. The topological polar surface area (TPSA) is 111 Å². The van der Waals surface area contributed by atoms with Gasteiger partial charge < -0.3 is 16.0 Å². The van der Waals surface area contributed by atoms with E-state index in [4.69, 9.17) is 11.5 Å². The second-order valence-electron chi connectivity index (χ2n) is 6.84. The van der Waals surface area contributed by atoms with Crippen molar-refractivity contribution < 1.29 is 0 Å². The molecule has 140 valence electrons. The van der Waals surface area contributed by atoms with Crippen LogP contribution in [0.5, 0.6) is 0 Å². The van der Waals surface area contributed by atoms with Gasteiger partial charge >= 0.3 is 0 Å². The molecule has 0 unspecified atom stereocenters. The second kappa shape index (κ2) is 5.79. The predicted octanol–water partition coefficient (Wildman–Crippen LogP) is 4.34. The van der Waals surface area contributed by atoms with Crippen molar-refractivity contribution in [3.8, 4) is 16.3 Å². The quantitative estimate of drug-likeness (QED) is 0.402. The SMILES string of the molecule is Nc1nc(N)c2ccn(-c3ccc4[nH]nc(-c5cc6ccccc6s5)c4c3)c2n1. The Morgan fingerprint density at radius 2 is 1.83 bits per heavy atom. The van der Waals surface area contributed by atoms with E-state index in [-0.39, 0.29) is 5.95 Å². The van der Waals surface area contributed by atoms with E-state index in [9.17, 15) is 0 Å². The van der Waals surface area contributed by atoms with Gasteiger partial charge in [-0.05, 0) is 41.8 Å². The van der Waals surface area contributed by atoms with E-state index in [1.807, 2.05) is 29.0 Å². The van der Waals surface area contributed by atoms with Crippen molar-refractivity contribution in [3.05, 3.63) is 60.8 Å². The smallest absolute Gasteiger partial charge is 0.224 e. The van der Waals surface area contributed by atoms with Gasteiger partial charge in [0.05, 0.1) is 15.8 Å². The zero-order chi connectivity index (χ0) is 19.5. The number of nitrogens with zero attached hydrogens (tertiary/aromatic N) is 4. The molecule has 0 atom stereocenters. The Labute approximate surface area is 168 Å². The average Bonchev–Trinajstić information content (AvgIpc) is 3.43. The molecule has 7 nitrogen and oxygen atoms in total. The Bertz CT molecular complexity index is 1510. The third-order valence-corrected chi connectivity index (χ3v) is 6.20. The van der Waals surface area contributed by atoms with Crippen LogP contribution in [0.15, 0.2) is 60.8 Å². The number of aromatic nitrogens is 5. The number of thiophene rings is 1. The summed E-state index contributed by atoms with van der Waals surface area (Å²) in [7, 11) is 0. The third kappa shape index (κ3) is 2.39. The number of nitrogen functional groups attached to an aromatic ring is 2. The van der Waals surface area contributed by atoms with Crippen molar-refractivity contribution in [2.75, 3.05) is 11.5 Å². The molecule has 4 aromatic heterocycles. The lowest BCUT2D eigenvalue weighted by Crippen LogP contribution is -2.02. The number of hydrogen-bond acceptors (Lipinski definition) is 6. The van der Waals surface area contributed by atoms with Crippen molar-refractivity contribution in [1.82, 2.24) is 24.7 Å². The van der Waals surface area contributed by atoms with E-state index >= 15 is 0 Å². The lowest BCUT2D eigenvalue weighted by Gasteiger charge is -2.06. The van der Waals surface area contributed by atoms with Crippen LogP contribution in [0.1, 0.15) is 0 Å². The van der Waals surface area contributed by atoms with Crippen molar-refractivity contribution >= 4 is 55.1 Å². The van der Waals surface area contributed by atoms with E-state index in [0.29, 0.717) is 11.5 Å². The van der Waals surface area contributed by atoms with Gasteiger partial charge in [-0.1, -0.05) is 18.2 Å². The molecule has 0 bridgehead atoms. The highest BCUT2D eigenvalue weighted by atomic mass is 32.1. The van der Waals surface area contributed by atoms with Crippen molar-refractivity contribution in [2.24, 2.45) is 0 Å². The van der Waals surface area contributed by atoms with Crippen LogP contribution in [0.3, 0.4) is 0 Å². The molecule has 0 amide bonds. The molecule has 0 aliphatic rings. The molecule has 0 aliphatic heterocycles. The maximum absolute atomic E-state index is 6.00. The largest absolute Gasteiger partial charge is 0.383 e. The van der Waals surface area contributed by atoms with Crippen LogP contribution in [-0.2, 0) is 0 Å². The molecule has 0 saturated carbocycles. The molecule has 6 rings (SSSR count). The van der Waals surface area contributed by atoms with Gasteiger partial charge in [0, 0.05) is 22.0 Å². The Morgan fingerprint density at radius 3 is 2.72 bits per heavy atom. The molecule has 0 aliphatic carbocycles. The first kappa shape index (κ1) is 16.1. The molecule has 0 spiro atoms. The summed E-state index contributed by atoms with van der Waals surface area (Å²) >= 11 is 1.74. The number of benzene rings is 2. The van der Waals surface area contributed by atoms with Crippen LogP contribution in [0, 0.1) is 0 Å². The van der Waals surface area contributed by atoms with E-state index in [1.54, 1.807) is 11.3 Å². The summed E-state index contributed by atoms with van der Waals surface area (Å²) < 4.78 is 3.21. The molecular weight excluding hydrogens is 382 g/mol. The Balaban J connectivity index is 1.56. The minimum absolute atomic E-state index is 0.158. The maximum Gasteiger partial charge on any atom is 0.224 e. The van der Waals surface area contributed by atoms with Gasteiger partial charge in [-0.15, -0.1) is 11.3 Å². The predicted molar refractivity (Wildman–Crippen MR) is 118 cm³/mol. The van der Waals surface area contributed by atoms with Gasteiger partial charge in [0.25, 0.3) is 0 Å². The van der Waals surface area contributed by atoms with Gasteiger partial charge in [-0.2, -0.15) is 15.1 Å². The van der Waals surface area contributed by atoms with Crippen LogP contribution < -0.4 is 11.5 Å².